The summed E-state index contributed by atoms with van der Waals surface area (Å²) >= 11 is 0. The Morgan fingerprint density at radius 3 is 2.29 bits per heavy atom. The molecule has 1 atom stereocenters. The molecule has 114 valence electrons. The predicted octanol–water partition coefficient (Wildman–Crippen LogP) is 1.05. The number of nitrogens with one attached hydrogen (secondary N) is 2. The molecule has 0 fully saturated rings. The van der Waals surface area contributed by atoms with Gasteiger partial charge in [0.1, 0.15) is 11.9 Å². The van der Waals surface area contributed by atoms with Gasteiger partial charge in [0.2, 0.25) is 0 Å². The van der Waals surface area contributed by atoms with Crippen LogP contribution in [0, 0.1) is 5.82 Å². The van der Waals surface area contributed by atoms with E-state index < -0.39 is 29.8 Å². The van der Waals surface area contributed by atoms with Crippen LogP contribution in [0.5, 0.6) is 0 Å². The number of rotatable bonds is 5. The number of esters is 2. The van der Waals surface area contributed by atoms with Crippen LogP contribution in [-0.4, -0.2) is 38.2 Å². The molecule has 0 bridgehead atoms. The third-order valence-electron chi connectivity index (χ3n) is 2.49. The largest absolute Gasteiger partial charge is 0.469 e. The molecule has 1 aromatic carbocycles. The molecule has 0 unspecified atom stereocenters. The molecule has 21 heavy (non-hydrogen) atoms. The van der Waals surface area contributed by atoms with Crippen molar-refractivity contribution >= 4 is 23.7 Å². The lowest BCUT2D eigenvalue weighted by atomic mass is 10.2. The number of carbonyl (C=O) groups excluding carboxylic acids is 3. The number of benzene rings is 1. The highest BCUT2D eigenvalue weighted by Crippen LogP contribution is 2.08. The van der Waals surface area contributed by atoms with Gasteiger partial charge in [-0.05, 0) is 24.3 Å². The first-order chi connectivity index (χ1) is 9.96. The highest BCUT2D eigenvalue weighted by Gasteiger charge is 2.25. The van der Waals surface area contributed by atoms with E-state index >= 15 is 0 Å². The monoisotopic (exact) mass is 298 g/mol. The minimum absolute atomic E-state index is 0.329. The van der Waals surface area contributed by atoms with Crippen LogP contribution >= 0.6 is 0 Å². The summed E-state index contributed by atoms with van der Waals surface area (Å²) in [4.78, 5) is 34.4. The second kappa shape index (κ2) is 7.83. The van der Waals surface area contributed by atoms with Crippen molar-refractivity contribution < 1.29 is 28.2 Å². The minimum atomic E-state index is -1.18. The van der Waals surface area contributed by atoms with E-state index in [-0.39, 0.29) is 6.42 Å². The minimum Gasteiger partial charge on any atom is -0.469 e. The van der Waals surface area contributed by atoms with Gasteiger partial charge in [-0.2, -0.15) is 0 Å². The van der Waals surface area contributed by atoms with Gasteiger partial charge in [-0.15, -0.1) is 0 Å². The first kappa shape index (κ1) is 16.4. The fourth-order valence-corrected chi connectivity index (χ4v) is 1.44. The fourth-order valence-electron chi connectivity index (χ4n) is 1.44. The van der Waals surface area contributed by atoms with Crippen molar-refractivity contribution in [3.63, 3.8) is 0 Å². The van der Waals surface area contributed by atoms with Crippen molar-refractivity contribution in [2.24, 2.45) is 0 Å². The van der Waals surface area contributed by atoms with E-state index in [0.29, 0.717) is 5.69 Å². The summed E-state index contributed by atoms with van der Waals surface area (Å²) < 4.78 is 21.6. The van der Waals surface area contributed by atoms with Crippen LogP contribution in [0.4, 0.5) is 14.9 Å². The average molecular weight is 298 g/mol. The van der Waals surface area contributed by atoms with Crippen molar-refractivity contribution in [2.75, 3.05) is 19.5 Å². The average Bonchev–Trinajstić information content (AvgIpc) is 2.47. The second-order valence-electron chi connectivity index (χ2n) is 3.96. The maximum Gasteiger partial charge on any atom is 0.329 e. The molecular formula is C13H15FN2O5. The van der Waals surface area contributed by atoms with E-state index in [2.05, 4.69) is 20.1 Å². The van der Waals surface area contributed by atoms with Gasteiger partial charge in [0.05, 0.1) is 20.6 Å². The normalized spacial score (nSPS) is 11.2. The molecule has 0 saturated heterocycles. The Morgan fingerprint density at radius 2 is 1.76 bits per heavy atom. The summed E-state index contributed by atoms with van der Waals surface area (Å²) in [7, 11) is 2.29. The molecule has 1 aromatic rings. The summed E-state index contributed by atoms with van der Waals surface area (Å²) in [6, 6.07) is 3.12. The SMILES string of the molecule is COC(=O)C[C@@H](NC(=O)Nc1ccc(F)cc1)C(=O)OC. The molecule has 0 saturated carbocycles. The molecule has 1 rings (SSSR count). The number of hydrogen-bond donors (Lipinski definition) is 2. The Labute approximate surface area is 120 Å². The summed E-state index contributed by atoms with van der Waals surface area (Å²) in [5.41, 5.74) is 0.329. The third kappa shape index (κ3) is 5.47. The summed E-state index contributed by atoms with van der Waals surface area (Å²) in [5, 5.41) is 4.67. The molecule has 7 nitrogen and oxygen atoms in total. The lowest BCUT2D eigenvalue weighted by Crippen LogP contribution is -2.45. The zero-order valence-electron chi connectivity index (χ0n) is 11.5. The number of amides is 2. The molecule has 8 heteroatoms. The number of ether oxygens (including phenoxy) is 2. The molecule has 0 aliphatic heterocycles. The quantitative estimate of drug-likeness (QED) is 0.793. The van der Waals surface area contributed by atoms with Crippen LogP contribution in [-0.2, 0) is 19.1 Å². The van der Waals surface area contributed by atoms with Crippen molar-refractivity contribution in [3.05, 3.63) is 30.1 Å². The summed E-state index contributed by atoms with van der Waals surface area (Å²) in [5.74, 6) is -1.90. The molecule has 0 spiro atoms. The van der Waals surface area contributed by atoms with Gasteiger partial charge in [0, 0.05) is 5.69 Å². The molecule has 0 radical (unpaired) electrons. The molecule has 0 aliphatic rings. The van der Waals surface area contributed by atoms with Gasteiger partial charge in [-0.1, -0.05) is 0 Å². The standard InChI is InChI=1S/C13H15FN2O5/c1-20-11(17)7-10(12(18)21-2)16-13(19)15-9-5-3-8(14)4-6-9/h3-6,10H,7H2,1-2H3,(H2,15,16,19)/t10-/m1/s1. The Morgan fingerprint density at radius 1 is 1.14 bits per heavy atom. The van der Waals surface area contributed by atoms with E-state index in [1.807, 2.05) is 0 Å². The fraction of sp³-hybridized carbons (Fsp3) is 0.308. The molecule has 2 amide bonds. The van der Waals surface area contributed by atoms with E-state index in [0.717, 1.165) is 14.2 Å². The maximum atomic E-state index is 12.7. The van der Waals surface area contributed by atoms with E-state index in [4.69, 9.17) is 0 Å². The second-order valence-corrected chi connectivity index (χ2v) is 3.96. The zero-order chi connectivity index (χ0) is 15.8. The lowest BCUT2D eigenvalue weighted by molar-refractivity contribution is -0.149. The van der Waals surface area contributed by atoms with Crippen LogP contribution in [0.15, 0.2) is 24.3 Å². The van der Waals surface area contributed by atoms with Gasteiger partial charge in [0.15, 0.2) is 0 Å². The number of halogens is 1. The van der Waals surface area contributed by atoms with E-state index in [1.54, 1.807) is 0 Å². The Hall–Kier alpha value is -2.64. The van der Waals surface area contributed by atoms with Gasteiger partial charge in [0.25, 0.3) is 0 Å². The van der Waals surface area contributed by atoms with Crippen molar-refractivity contribution in [1.29, 1.82) is 0 Å². The Balaban J connectivity index is 2.64. The van der Waals surface area contributed by atoms with E-state index in [1.165, 1.54) is 24.3 Å². The van der Waals surface area contributed by atoms with Crippen molar-refractivity contribution in [2.45, 2.75) is 12.5 Å². The lowest BCUT2D eigenvalue weighted by Gasteiger charge is -2.15. The summed E-state index contributed by atoms with van der Waals surface area (Å²) in [6.45, 7) is 0. The molecular weight excluding hydrogens is 283 g/mol. The van der Waals surface area contributed by atoms with Gasteiger partial charge < -0.3 is 20.1 Å². The number of anilines is 1. The smallest absolute Gasteiger partial charge is 0.329 e. The number of urea groups is 1. The first-order valence-electron chi connectivity index (χ1n) is 5.94. The number of carbonyl (C=O) groups is 3. The Kier molecular flexibility index (Phi) is 6.12. The first-order valence-corrected chi connectivity index (χ1v) is 5.94. The van der Waals surface area contributed by atoms with Crippen LogP contribution in [0.3, 0.4) is 0 Å². The third-order valence-corrected chi connectivity index (χ3v) is 2.49. The predicted molar refractivity (Wildman–Crippen MR) is 71.0 cm³/mol. The van der Waals surface area contributed by atoms with Crippen molar-refractivity contribution in [3.8, 4) is 0 Å². The van der Waals surface area contributed by atoms with Gasteiger partial charge >= 0.3 is 18.0 Å². The molecule has 2 N–H and O–H groups in total. The van der Waals surface area contributed by atoms with Crippen LogP contribution < -0.4 is 10.6 Å². The van der Waals surface area contributed by atoms with Crippen LogP contribution in [0.25, 0.3) is 0 Å². The van der Waals surface area contributed by atoms with Gasteiger partial charge in [-0.3, -0.25) is 4.79 Å². The van der Waals surface area contributed by atoms with Gasteiger partial charge in [-0.25, -0.2) is 14.0 Å². The number of methoxy groups -OCH3 is 2. The Bertz CT molecular complexity index is 518. The topological polar surface area (TPSA) is 93.7 Å². The zero-order valence-corrected chi connectivity index (χ0v) is 11.5. The van der Waals surface area contributed by atoms with Crippen molar-refractivity contribution in [1.82, 2.24) is 5.32 Å². The van der Waals surface area contributed by atoms with E-state index in [9.17, 15) is 18.8 Å². The van der Waals surface area contributed by atoms with Crippen LogP contribution in [0.1, 0.15) is 6.42 Å². The van der Waals surface area contributed by atoms with Crippen LogP contribution in [0.2, 0.25) is 0 Å². The number of hydrogen-bond acceptors (Lipinski definition) is 5. The molecule has 0 aliphatic carbocycles. The molecule has 0 heterocycles. The highest BCUT2D eigenvalue weighted by atomic mass is 19.1. The molecule has 0 aromatic heterocycles. The highest BCUT2D eigenvalue weighted by molar-refractivity contribution is 5.93. The summed E-state index contributed by atoms with van der Waals surface area (Å²) in [6.07, 6.45) is -0.361. The maximum absolute atomic E-state index is 12.7.